The average Bonchev–Trinajstić information content (AvgIpc) is 2.47. The Bertz CT molecular complexity index is 683. The molecule has 0 unspecified atom stereocenters. The highest BCUT2D eigenvalue weighted by Crippen LogP contribution is 2.31. The molecule has 2 aromatic carbocycles. The van der Waals surface area contributed by atoms with E-state index in [-0.39, 0.29) is 16.6 Å². The summed E-state index contributed by atoms with van der Waals surface area (Å²) in [6.07, 6.45) is 0. The SMILES string of the molecule is COC(=O)c1ccc(Sc2ccc(C(=O)O)c(Cl)c2)cc1. The van der Waals surface area contributed by atoms with E-state index in [1.807, 2.05) is 0 Å². The molecule has 0 saturated heterocycles. The molecule has 0 aliphatic rings. The molecule has 1 N–H and O–H groups in total. The zero-order chi connectivity index (χ0) is 15.4. The van der Waals surface area contributed by atoms with Gasteiger partial charge in [0.25, 0.3) is 0 Å². The molecule has 108 valence electrons. The number of ether oxygens (including phenoxy) is 1. The van der Waals surface area contributed by atoms with Crippen LogP contribution in [0.5, 0.6) is 0 Å². The van der Waals surface area contributed by atoms with Gasteiger partial charge in [0, 0.05) is 9.79 Å². The Morgan fingerprint density at radius 3 is 2.24 bits per heavy atom. The molecule has 2 aromatic rings. The highest BCUT2D eigenvalue weighted by Gasteiger charge is 2.10. The largest absolute Gasteiger partial charge is 0.478 e. The lowest BCUT2D eigenvalue weighted by molar-refractivity contribution is 0.0599. The maximum atomic E-state index is 11.3. The van der Waals surface area contributed by atoms with Crippen molar-refractivity contribution in [2.75, 3.05) is 7.11 Å². The average molecular weight is 323 g/mol. The fraction of sp³-hybridized carbons (Fsp3) is 0.0667. The molecule has 0 fully saturated rings. The smallest absolute Gasteiger partial charge is 0.337 e. The maximum Gasteiger partial charge on any atom is 0.337 e. The topological polar surface area (TPSA) is 63.6 Å². The minimum atomic E-state index is -1.06. The van der Waals surface area contributed by atoms with Gasteiger partial charge in [-0.3, -0.25) is 0 Å². The predicted molar refractivity (Wildman–Crippen MR) is 80.3 cm³/mol. The number of aromatic carboxylic acids is 1. The number of rotatable bonds is 4. The number of carbonyl (C=O) groups excluding carboxylic acids is 1. The standard InChI is InChI=1S/C15H11ClO4S/c1-20-15(19)9-2-4-10(5-3-9)21-11-6-7-12(14(17)18)13(16)8-11/h2-8H,1H3,(H,17,18). The second kappa shape index (κ2) is 6.65. The van der Waals surface area contributed by atoms with Crippen LogP contribution in [0.1, 0.15) is 20.7 Å². The third-order valence-corrected chi connectivity index (χ3v) is 3.99. The van der Waals surface area contributed by atoms with Crippen molar-refractivity contribution in [1.29, 1.82) is 0 Å². The Labute approximate surface area is 130 Å². The molecular weight excluding hydrogens is 312 g/mol. The number of esters is 1. The van der Waals surface area contributed by atoms with Crippen LogP contribution in [-0.4, -0.2) is 24.2 Å². The molecule has 2 rings (SSSR count). The summed E-state index contributed by atoms with van der Waals surface area (Å²) in [6.45, 7) is 0. The van der Waals surface area contributed by atoms with Gasteiger partial charge >= 0.3 is 11.9 Å². The number of benzene rings is 2. The second-order valence-electron chi connectivity index (χ2n) is 4.06. The Hall–Kier alpha value is -1.98. The van der Waals surface area contributed by atoms with E-state index in [2.05, 4.69) is 4.74 Å². The second-order valence-corrected chi connectivity index (χ2v) is 5.62. The molecule has 0 amide bonds. The summed E-state index contributed by atoms with van der Waals surface area (Å²) < 4.78 is 4.63. The van der Waals surface area contributed by atoms with Crippen LogP contribution in [0.3, 0.4) is 0 Å². The molecule has 21 heavy (non-hydrogen) atoms. The summed E-state index contributed by atoms with van der Waals surface area (Å²) >= 11 is 7.34. The number of hydrogen-bond acceptors (Lipinski definition) is 4. The lowest BCUT2D eigenvalue weighted by Crippen LogP contribution is -2.00. The molecule has 0 radical (unpaired) electrons. The van der Waals surface area contributed by atoms with Gasteiger partial charge in [-0.1, -0.05) is 23.4 Å². The van der Waals surface area contributed by atoms with E-state index < -0.39 is 5.97 Å². The van der Waals surface area contributed by atoms with E-state index in [1.165, 1.54) is 24.9 Å². The van der Waals surface area contributed by atoms with Gasteiger partial charge in [-0.05, 0) is 42.5 Å². The molecule has 0 atom stereocenters. The van der Waals surface area contributed by atoms with Crippen LogP contribution in [0.2, 0.25) is 5.02 Å². The number of methoxy groups -OCH3 is 1. The first kappa shape index (κ1) is 15.4. The lowest BCUT2D eigenvalue weighted by Gasteiger charge is -2.05. The van der Waals surface area contributed by atoms with Crippen LogP contribution >= 0.6 is 23.4 Å². The van der Waals surface area contributed by atoms with Crippen molar-refractivity contribution in [2.45, 2.75) is 9.79 Å². The monoisotopic (exact) mass is 322 g/mol. The quantitative estimate of drug-likeness (QED) is 0.863. The van der Waals surface area contributed by atoms with E-state index >= 15 is 0 Å². The van der Waals surface area contributed by atoms with Crippen LogP contribution < -0.4 is 0 Å². The minimum absolute atomic E-state index is 0.0713. The van der Waals surface area contributed by atoms with Gasteiger partial charge in [0.1, 0.15) is 0 Å². The van der Waals surface area contributed by atoms with Crippen LogP contribution in [0, 0.1) is 0 Å². The van der Waals surface area contributed by atoms with Crippen molar-refractivity contribution in [3.63, 3.8) is 0 Å². The summed E-state index contributed by atoms with van der Waals surface area (Å²) in [7, 11) is 1.33. The third-order valence-electron chi connectivity index (χ3n) is 2.68. The molecule has 0 aliphatic carbocycles. The van der Waals surface area contributed by atoms with Crippen molar-refractivity contribution in [3.8, 4) is 0 Å². The Balaban J connectivity index is 2.17. The number of halogens is 1. The number of hydrogen-bond donors (Lipinski definition) is 1. The van der Waals surface area contributed by atoms with Crippen LogP contribution in [0.15, 0.2) is 52.3 Å². The van der Waals surface area contributed by atoms with Gasteiger partial charge in [0.05, 0.1) is 23.3 Å². The third kappa shape index (κ3) is 3.77. The highest BCUT2D eigenvalue weighted by atomic mass is 35.5. The van der Waals surface area contributed by atoms with E-state index in [0.29, 0.717) is 5.56 Å². The molecular formula is C15H11ClO4S. The minimum Gasteiger partial charge on any atom is -0.478 e. The van der Waals surface area contributed by atoms with Gasteiger partial charge in [-0.15, -0.1) is 0 Å². The lowest BCUT2D eigenvalue weighted by atomic mass is 10.2. The molecule has 0 bridgehead atoms. The van der Waals surface area contributed by atoms with Gasteiger partial charge in [0.2, 0.25) is 0 Å². The fourth-order valence-electron chi connectivity index (χ4n) is 1.65. The Kier molecular flexibility index (Phi) is 4.88. The highest BCUT2D eigenvalue weighted by molar-refractivity contribution is 7.99. The van der Waals surface area contributed by atoms with Gasteiger partial charge in [-0.2, -0.15) is 0 Å². The summed E-state index contributed by atoms with van der Waals surface area (Å²) in [5.74, 6) is -1.45. The van der Waals surface area contributed by atoms with Crippen molar-refractivity contribution in [1.82, 2.24) is 0 Å². The van der Waals surface area contributed by atoms with E-state index in [0.717, 1.165) is 9.79 Å². The number of carboxylic acids is 1. The zero-order valence-corrected chi connectivity index (χ0v) is 12.6. The predicted octanol–water partition coefficient (Wildman–Crippen LogP) is 3.98. The van der Waals surface area contributed by atoms with Gasteiger partial charge in [0.15, 0.2) is 0 Å². The van der Waals surface area contributed by atoms with Crippen LogP contribution in [0.25, 0.3) is 0 Å². The zero-order valence-electron chi connectivity index (χ0n) is 11.0. The van der Waals surface area contributed by atoms with Crippen molar-refractivity contribution in [3.05, 3.63) is 58.6 Å². The maximum absolute atomic E-state index is 11.3. The molecule has 4 nitrogen and oxygen atoms in total. The molecule has 0 aromatic heterocycles. The number of carboxylic acid groups (broad SMARTS) is 1. The normalized spacial score (nSPS) is 10.2. The first-order chi connectivity index (χ1) is 10.0. The first-order valence-electron chi connectivity index (χ1n) is 5.90. The van der Waals surface area contributed by atoms with Crippen molar-refractivity contribution < 1.29 is 19.4 Å². The number of carbonyl (C=O) groups is 2. The Morgan fingerprint density at radius 1 is 1.10 bits per heavy atom. The Morgan fingerprint density at radius 2 is 1.71 bits per heavy atom. The molecule has 0 aliphatic heterocycles. The molecule has 0 heterocycles. The van der Waals surface area contributed by atoms with Crippen LogP contribution in [-0.2, 0) is 4.74 Å². The molecule has 0 saturated carbocycles. The summed E-state index contributed by atoms with van der Waals surface area (Å²) in [4.78, 5) is 23.9. The molecule has 6 heteroatoms. The summed E-state index contributed by atoms with van der Waals surface area (Å²) in [5.41, 5.74) is 0.545. The van der Waals surface area contributed by atoms with E-state index in [1.54, 1.807) is 36.4 Å². The van der Waals surface area contributed by atoms with E-state index in [4.69, 9.17) is 16.7 Å². The summed E-state index contributed by atoms with van der Waals surface area (Å²) in [6, 6.07) is 11.7. The van der Waals surface area contributed by atoms with E-state index in [9.17, 15) is 9.59 Å². The first-order valence-corrected chi connectivity index (χ1v) is 7.10. The van der Waals surface area contributed by atoms with Gasteiger partial charge in [-0.25, -0.2) is 9.59 Å². The van der Waals surface area contributed by atoms with Gasteiger partial charge < -0.3 is 9.84 Å². The fourth-order valence-corrected chi connectivity index (χ4v) is 2.83. The summed E-state index contributed by atoms with van der Waals surface area (Å²) in [5, 5.41) is 9.11. The van der Waals surface area contributed by atoms with Crippen molar-refractivity contribution in [2.24, 2.45) is 0 Å². The van der Waals surface area contributed by atoms with Crippen LogP contribution in [0.4, 0.5) is 0 Å². The molecule has 0 spiro atoms. The van der Waals surface area contributed by atoms with Crippen molar-refractivity contribution >= 4 is 35.3 Å².